The summed E-state index contributed by atoms with van der Waals surface area (Å²) < 4.78 is 12.8. The summed E-state index contributed by atoms with van der Waals surface area (Å²) in [7, 11) is 0. The molecule has 1 atom stereocenters. The number of carbonyl (C=O) groups excluding carboxylic acids is 1. The van der Waals surface area contributed by atoms with E-state index in [1.807, 2.05) is 27.7 Å². The molecule has 18 heavy (non-hydrogen) atoms. The molecule has 0 bridgehead atoms. The molecule has 0 radical (unpaired) electrons. The fourth-order valence-electron chi connectivity index (χ4n) is 1.58. The molecule has 1 amide bonds. The van der Waals surface area contributed by atoms with Crippen molar-refractivity contribution in [1.29, 1.82) is 0 Å². The van der Waals surface area contributed by atoms with Gasteiger partial charge < -0.3 is 10.6 Å². The van der Waals surface area contributed by atoms with E-state index in [1.165, 1.54) is 12.1 Å². The molecule has 0 heterocycles. The third-order valence-electron chi connectivity index (χ3n) is 2.45. The average Bonchev–Trinajstić information content (AvgIpc) is 2.24. The molecule has 0 aromatic heterocycles. The monoisotopic (exact) mass is 252 g/mol. The molecule has 4 heteroatoms. The van der Waals surface area contributed by atoms with Gasteiger partial charge in [-0.25, -0.2) is 4.39 Å². The second kappa shape index (κ2) is 5.96. The highest BCUT2D eigenvalue weighted by atomic mass is 19.1. The van der Waals surface area contributed by atoms with Crippen LogP contribution in [0.5, 0.6) is 0 Å². The minimum absolute atomic E-state index is 0.0105. The third-order valence-corrected chi connectivity index (χ3v) is 2.45. The molecule has 2 N–H and O–H groups in total. The summed E-state index contributed by atoms with van der Waals surface area (Å²) in [4.78, 5) is 11.6. The van der Waals surface area contributed by atoms with Gasteiger partial charge in [-0.3, -0.25) is 4.79 Å². The van der Waals surface area contributed by atoms with Gasteiger partial charge >= 0.3 is 0 Å². The van der Waals surface area contributed by atoms with Crippen LogP contribution in [0.25, 0.3) is 0 Å². The van der Waals surface area contributed by atoms with Crippen LogP contribution in [0.4, 0.5) is 4.39 Å². The molecular weight excluding hydrogens is 231 g/mol. The molecule has 1 aromatic carbocycles. The predicted molar refractivity (Wildman–Crippen MR) is 70.7 cm³/mol. The molecule has 1 unspecified atom stereocenters. The van der Waals surface area contributed by atoms with Crippen molar-refractivity contribution >= 4 is 5.91 Å². The highest BCUT2D eigenvalue weighted by molar-refractivity contribution is 5.78. The molecule has 1 rings (SSSR count). The van der Waals surface area contributed by atoms with Gasteiger partial charge in [-0.2, -0.15) is 0 Å². The zero-order chi connectivity index (χ0) is 13.8. The first kappa shape index (κ1) is 14.6. The van der Waals surface area contributed by atoms with Crippen LogP contribution < -0.4 is 10.6 Å². The smallest absolute Gasteiger partial charge is 0.234 e. The van der Waals surface area contributed by atoms with E-state index < -0.39 is 0 Å². The Morgan fingerprint density at radius 3 is 2.33 bits per heavy atom. The van der Waals surface area contributed by atoms with Crippen LogP contribution >= 0.6 is 0 Å². The second-order valence-electron chi connectivity index (χ2n) is 5.45. The van der Waals surface area contributed by atoms with E-state index >= 15 is 0 Å². The molecule has 0 aliphatic carbocycles. The van der Waals surface area contributed by atoms with E-state index in [4.69, 9.17) is 0 Å². The molecule has 0 saturated heterocycles. The van der Waals surface area contributed by atoms with E-state index in [1.54, 1.807) is 12.1 Å². The van der Waals surface area contributed by atoms with Crippen LogP contribution in [-0.2, 0) is 4.79 Å². The van der Waals surface area contributed by atoms with Crippen LogP contribution in [0.1, 0.15) is 39.3 Å². The summed E-state index contributed by atoms with van der Waals surface area (Å²) in [5.74, 6) is -0.298. The average molecular weight is 252 g/mol. The minimum atomic E-state index is -0.253. The lowest BCUT2D eigenvalue weighted by atomic mass is 10.1. The largest absolute Gasteiger partial charge is 0.350 e. The highest BCUT2D eigenvalue weighted by Gasteiger charge is 2.14. The van der Waals surface area contributed by atoms with Crippen molar-refractivity contribution in [3.05, 3.63) is 35.6 Å². The molecule has 0 spiro atoms. The summed E-state index contributed by atoms with van der Waals surface area (Å²) >= 11 is 0. The van der Waals surface area contributed by atoms with Gasteiger partial charge in [-0.05, 0) is 45.4 Å². The Labute approximate surface area is 108 Å². The molecule has 0 aliphatic heterocycles. The summed E-state index contributed by atoms with van der Waals surface area (Å²) in [6, 6.07) is 6.28. The zero-order valence-corrected chi connectivity index (χ0v) is 11.4. The van der Waals surface area contributed by atoms with Crippen molar-refractivity contribution in [3.63, 3.8) is 0 Å². The van der Waals surface area contributed by atoms with Gasteiger partial charge in [0.05, 0.1) is 6.54 Å². The number of amides is 1. The summed E-state index contributed by atoms with van der Waals surface area (Å²) in [5, 5.41) is 5.98. The van der Waals surface area contributed by atoms with Gasteiger partial charge in [0.15, 0.2) is 0 Å². The Balaban J connectivity index is 2.44. The van der Waals surface area contributed by atoms with Crippen LogP contribution in [0, 0.1) is 5.82 Å². The SMILES string of the molecule is CC(NCC(=O)NC(C)(C)C)c1ccc(F)cc1. The predicted octanol–water partition coefficient (Wildman–Crippen LogP) is 2.39. The first-order valence-corrected chi connectivity index (χ1v) is 6.08. The summed E-state index contributed by atoms with van der Waals surface area (Å²) in [5.41, 5.74) is 0.734. The van der Waals surface area contributed by atoms with Crippen molar-refractivity contribution in [2.75, 3.05) is 6.54 Å². The molecule has 0 saturated carbocycles. The number of carbonyl (C=O) groups is 1. The Hall–Kier alpha value is -1.42. The first-order valence-electron chi connectivity index (χ1n) is 6.08. The van der Waals surface area contributed by atoms with Crippen molar-refractivity contribution in [2.24, 2.45) is 0 Å². The Kier molecular flexibility index (Phi) is 4.84. The van der Waals surface area contributed by atoms with Gasteiger partial charge in [-0.1, -0.05) is 12.1 Å². The summed E-state index contributed by atoms with van der Waals surface area (Å²) in [6.07, 6.45) is 0. The quantitative estimate of drug-likeness (QED) is 0.864. The number of hydrogen-bond acceptors (Lipinski definition) is 2. The van der Waals surface area contributed by atoms with Gasteiger partial charge in [0, 0.05) is 11.6 Å². The minimum Gasteiger partial charge on any atom is -0.350 e. The van der Waals surface area contributed by atoms with Gasteiger partial charge in [-0.15, -0.1) is 0 Å². The maximum atomic E-state index is 12.8. The molecule has 3 nitrogen and oxygen atoms in total. The van der Waals surface area contributed by atoms with E-state index in [0.29, 0.717) is 0 Å². The van der Waals surface area contributed by atoms with E-state index in [-0.39, 0.29) is 29.8 Å². The van der Waals surface area contributed by atoms with Crippen molar-refractivity contribution in [3.8, 4) is 0 Å². The number of rotatable bonds is 4. The van der Waals surface area contributed by atoms with Crippen LogP contribution in [0.2, 0.25) is 0 Å². The lowest BCUT2D eigenvalue weighted by Gasteiger charge is -2.21. The Morgan fingerprint density at radius 1 is 1.28 bits per heavy atom. The maximum absolute atomic E-state index is 12.8. The summed E-state index contributed by atoms with van der Waals surface area (Å²) in [6.45, 7) is 8.00. The van der Waals surface area contributed by atoms with E-state index in [2.05, 4.69) is 10.6 Å². The number of halogens is 1. The fourth-order valence-corrected chi connectivity index (χ4v) is 1.58. The van der Waals surface area contributed by atoms with Crippen molar-refractivity contribution < 1.29 is 9.18 Å². The maximum Gasteiger partial charge on any atom is 0.234 e. The standard InChI is InChI=1S/C14H21FN2O/c1-10(11-5-7-12(15)8-6-11)16-9-13(18)17-14(2,3)4/h5-8,10,16H,9H2,1-4H3,(H,17,18). The van der Waals surface area contributed by atoms with E-state index in [0.717, 1.165) is 5.56 Å². The van der Waals surface area contributed by atoms with Crippen molar-refractivity contribution in [1.82, 2.24) is 10.6 Å². The van der Waals surface area contributed by atoms with Crippen LogP contribution in [-0.4, -0.2) is 18.0 Å². The molecule has 0 fully saturated rings. The van der Waals surface area contributed by atoms with Crippen LogP contribution in [0.15, 0.2) is 24.3 Å². The number of hydrogen-bond donors (Lipinski definition) is 2. The fraction of sp³-hybridized carbons (Fsp3) is 0.500. The topological polar surface area (TPSA) is 41.1 Å². The van der Waals surface area contributed by atoms with Gasteiger partial charge in [0.2, 0.25) is 5.91 Å². The van der Waals surface area contributed by atoms with Gasteiger partial charge in [0.1, 0.15) is 5.82 Å². The number of benzene rings is 1. The zero-order valence-electron chi connectivity index (χ0n) is 11.4. The van der Waals surface area contributed by atoms with Crippen molar-refractivity contribution in [2.45, 2.75) is 39.3 Å². The Bertz CT molecular complexity index is 395. The molecule has 1 aromatic rings. The first-order chi connectivity index (χ1) is 8.28. The molecular formula is C14H21FN2O. The molecule has 100 valence electrons. The molecule has 0 aliphatic rings. The number of nitrogens with one attached hydrogen (secondary N) is 2. The lowest BCUT2D eigenvalue weighted by Crippen LogP contribution is -2.45. The normalized spacial score (nSPS) is 13.2. The van der Waals surface area contributed by atoms with Crippen LogP contribution in [0.3, 0.4) is 0 Å². The van der Waals surface area contributed by atoms with Gasteiger partial charge in [0.25, 0.3) is 0 Å². The lowest BCUT2D eigenvalue weighted by molar-refractivity contribution is -0.121. The highest BCUT2D eigenvalue weighted by Crippen LogP contribution is 2.12. The Morgan fingerprint density at radius 2 is 1.83 bits per heavy atom. The van der Waals surface area contributed by atoms with E-state index in [9.17, 15) is 9.18 Å². The second-order valence-corrected chi connectivity index (χ2v) is 5.45. The third kappa shape index (κ3) is 5.27.